The van der Waals surface area contributed by atoms with Crippen molar-refractivity contribution in [1.82, 2.24) is 10.6 Å². The van der Waals surface area contributed by atoms with Gasteiger partial charge in [0.15, 0.2) is 0 Å². The summed E-state index contributed by atoms with van der Waals surface area (Å²) in [4.78, 5) is 11.8. The van der Waals surface area contributed by atoms with Crippen LogP contribution in [0.4, 0.5) is 0 Å². The molecule has 0 bridgehead atoms. The number of methoxy groups -OCH3 is 1. The number of carbonyl (C=O) groups excluding carboxylic acids is 1. The lowest BCUT2D eigenvalue weighted by Gasteiger charge is -2.11. The summed E-state index contributed by atoms with van der Waals surface area (Å²) in [6, 6.07) is 7.28. The van der Waals surface area contributed by atoms with Gasteiger partial charge in [0.05, 0.1) is 19.3 Å². The molecule has 0 saturated carbocycles. The van der Waals surface area contributed by atoms with Crippen molar-refractivity contribution in [2.45, 2.75) is 25.1 Å². The number of rotatable bonds is 4. The number of aliphatic hydroxyl groups is 1. The number of ether oxygens (including phenoxy) is 1. The molecule has 1 aliphatic heterocycles. The number of nitrogens with one attached hydrogen (secondary N) is 2. The molecular weight excluding hydrogens is 268 g/mol. The largest absolute Gasteiger partial charge is 0.497 e. The van der Waals surface area contributed by atoms with Gasteiger partial charge in [0, 0.05) is 13.1 Å². The van der Waals surface area contributed by atoms with Crippen molar-refractivity contribution in [2.75, 3.05) is 13.7 Å². The zero-order valence-electron chi connectivity index (χ0n) is 10.8. The van der Waals surface area contributed by atoms with E-state index in [1.807, 2.05) is 24.3 Å². The molecule has 2 atom stereocenters. The number of halogens is 1. The molecule has 1 aromatic carbocycles. The minimum atomic E-state index is -0.419. The molecular formula is C13H19ClN2O3. The summed E-state index contributed by atoms with van der Waals surface area (Å²) in [6.07, 6.45) is 0.0572. The fourth-order valence-electron chi connectivity index (χ4n) is 2.01. The summed E-state index contributed by atoms with van der Waals surface area (Å²) in [5, 5.41) is 15.2. The van der Waals surface area contributed by atoms with Gasteiger partial charge in [-0.15, -0.1) is 12.4 Å². The number of β-amino-alcohol motifs (C(OH)–C–C–N with tert-alkyl or cyclic N) is 1. The fraction of sp³-hybridized carbons (Fsp3) is 0.462. The summed E-state index contributed by atoms with van der Waals surface area (Å²) in [5.74, 6) is 0.700. The lowest BCUT2D eigenvalue weighted by molar-refractivity contribution is -0.123. The minimum absolute atomic E-state index is 0. The van der Waals surface area contributed by atoms with Gasteiger partial charge in [0.1, 0.15) is 5.75 Å². The van der Waals surface area contributed by atoms with Crippen LogP contribution in [0.3, 0.4) is 0 Å². The summed E-state index contributed by atoms with van der Waals surface area (Å²) in [5.41, 5.74) is 0.987. The standard InChI is InChI=1S/C13H18N2O3.ClH/c1-18-11-4-2-3-9(5-11)7-15-13(17)12-6-10(16)8-14-12;/h2-5,10,12,14,16H,6-8H2,1H3,(H,15,17);1H. The third-order valence-electron chi connectivity index (χ3n) is 3.03. The van der Waals surface area contributed by atoms with E-state index >= 15 is 0 Å². The lowest BCUT2D eigenvalue weighted by atomic mass is 10.1. The van der Waals surface area contributed by atoms with Crippen molar-refractivity contribution < 1.29 is 14.6 Å². The van der Waals surface area contributed by atoms with Crippen molar-refractivity contribution in [1.29, 1.82) is 0 Å². The molecule has 0 aromatic heterocycles. The molecule has 0 spiro atoms. The molecule has 1 heterocycles. The molecule has 5 nitrogen and oxygen atoms in total. The Labute approximate surface area is 118 Å². The van der Waals surface area contributed by atoms with E-state index in [2.05, 4.69) is 10.6 Å². The summed E-state index contributed by atoms with van der Waals surface area (Å²) in [6.45, 7) is 0.946. The highest BCUT2D eigenvalue weighted by molar-refractivity contribution is 5.85. The molecule has 3 N–H and O–H groups in total. The number of hydrogen-bond acceptors (Lipinski definition) is 4. The molecule has 1 aromatic rings. The Balaban J connectivity index is 0.00000180. The predicted molar refractivity (Wildman–Crippen MR) is 74.5 cm³/mol. The smallest absolute Gasteiger partial charge is 0.237 e. The SMILES string of the molecule is COc1cccc(CNC(=O)C2CC(O)CN2)c1.Cl. The maximum atomic E-state index is 11.8. The summed E-state index contributed by atoms with van der Waals surface area (Å²) in [7, 11) is 1.61. The monoisotopic (exact) mass is 286 g/mol. The van der Waals surface area contributed by atoms with E-state index in [1.54, 1.807) is 7.11 Å². The van der Waals surface area contributed by atoms with Crippen LogP contribution in [0.25, 0.3) is 0 Å². The Hall–Kier alpha value is -1.30. The fourth-order valence-corrected chi connectivity index (χ4v) is 2.01. The maximum Gasteiger partial charge on any atom is 0.237 e. The van der Waals surface area contributed by atoms with Gasteiger partial charge in [-0.3, -0.25) is 4.79 Å². The molecule has 0 aliphatic carbocycles. The Morgan fingerprint density at radius 1 is 1.58 bits per heavy atom. The van der Waals surface area contributed by atoms with Gasteiger partial charge in [-0.2, -0.15) is 0 Å². The summed E-state index contributed by atoms with van der Waals surface area (Å²) >= 11 is 0. The van der Waals surface area contributed by atoms with E-state index in [-0.39, 0.29) is 24.4 Å². The number of aliphatic hydroxyl groups excluding tert-OH is 1. The van der Waals surface area contributed by atoms with Gasteiger partial charge < -0.3 is 20.5 Å². The highest BCUT2D eigenvalue weighted by Gasteiger charge is 2.27. The normalized spacial score (nSPS) is 21.6. The van der Waals surface area contributed by atoms with E-state index in [0.717, 1.165) is 11.3 Å². The van der Waals surface area contributed by atoms with Crippen LogP contribution in [0.2, 0.25) is 0 Å². The van der Waals surface area contributed by atoms with E-state index in [4.69, 9.17) is 4.74 Å². The summed E-state index contributed by atoms with van der Waals surface area (Å²) < 4.78 is 5.12. The van der Waals surface area contributed by atoms with Crippen LogP contribution < -0.4 is 15.4 Å². The van der Waals surface area contributed by atoms with Crippen LogP contribution in [0.1, 0.15) is 12.0 Å². The second-order valence-electron chi connectivity index (χ2n) is 4.42. The molecule has 1 saturated heterocycles. The molecule has 2 unspecified atom stereocenters. The van der Waals surface area contributed by atoms with E-state index in [9.17, 15) is 9.90 Å². The maximum absolute atomic E-state index is 11.8. The molecule has 6 heteroatoms. The second kappa shape index (κ2) is 7.33. The Morgan fingerprint density at radius 2 is 2.37 bits per heavy atom. The average molecular weight is 287 g/mol. The third kappa shape index (κ3) is 4.38. The van der Waals surface area contributed by atoms with Crippen molar-refractivity contribution in [3.63, 3.8) is 0 Å². The van der Waals surface area contributed by atoms with E-state index < -0.39 is 6.10 Å². The molecule has 1 aliphatic rings. The second-order valence-corrected chi connectivity index (χ2v) is 4.42. The molecule has 19 heavy (non-hydrogen) atoms. The van der Waals surface area contributed by atoms with Crippen molar-refractivity contribution in [2.24, 2.45) is 0 Å². The molecule has 2 rings (SSSR count). The predicted octanol–water partition coefficient (Wildman–Crippen LogP) is 0.456. The van der Waals surface area contributed by atoms with Crippen LogP contribution in [-0.2, 0) is 11.3 Å². The minimum Gasteiger partial charge on any atom is -0.497 e. The van der Waals surface area contributed by atoms with Crippen LogP contribution >= 0.6 is 12.4 Å². The van der Waals surface area contributed by atoms with E-state index in [0.29, 0.717) is 19.5 Å². The van der Waals surface area contributed by atoms with Crippen LogP contribution in [0.5, 0.6) is 5.75 Å². The first-order valence-corrected chi connectivity index (χ1v) is 6.01. The van der Waals surface area contributed by atoms with Crippen molar-refractivity contribution in [3.8, 4) is 5.75 Å². The zero-order valence-corrected chi connectivity index (χ0v) is 11.6. The zero-order chi connectivity index (χ0) is 13.0. The van der Waals surface area contributed by atoms with Crippen LogP contribution in [0.15, 0.2) is 24.3 Å². The number of carbonyl (C=O) groups is 1. The van der Waals surface area contributed by atoms with Gasteiger partial charge in [-0.05, 0) is 24.1 Å². The topological polar surface area (TPSA) is 70.6 Å². The average Bonchev–Trinajstić information content (AvgIpc) is 2.83. The lowest BCUT2D eigenvalue weighted by Crippen LogP contribution is -2.39. The molecule has 106 valence electrons. The van der Waals surface area contributed by atoms with Crippen LogP contribution in [-0.4, -0.2) is 36.8 Å². The Morgan fingerprint density at radius 3 is 3.00 bits per heavy atom. The third-order valence-corrected chi connectivity index (χ3v) is 3.03. The van der Waals surface area contributed by atoms with Crippen molar-refractivity contribution >= 4 is 18.3 Å². The highest BCUT2D eigenvalue weighted by Crippen LogP contribution is 2.12. The quantitative estimate of drug-likeness (QED) is 0.752. The molecule has 1 amide bonds. The number of amides is 1. The van der Waals surface area contributed by atoms with Gasteiger partial charge in [-0.1, -0.05) is 12.1 Å². The first kappa shape index (κ1) is 15.8. The van der Waals surface area contributed by atoms with E-state index in [1.165, 1.54) is 0 Å². The molecule has 0 radical (unpaired) electrons. The Kier molecular flexibility index (Phi) is 6.08. The van der Waals surface area contributed by atoms with Crippen LogP contribution in [0, 0.1) is 0 Å². The first-order valence-electron chi connectivity index (χ1n) is 6.01. The van der Waals surface area contributed by atoms with Gasteiger partial charge >= 0.3 is 0 Å². The first-order chi connectivity index (χ1) is 8.69. The van der Waals surface area contributed by atoms with Crippen molar-refractivity contribution in [3.05, 3.63) is 29.8 Å². The van der Waals surface area contributed by atoms with Gasteiger partial charge in [0.25, 0.3) is 0 Å². The molecule has 1 fully saturated rings. The Bertz CT molecular complexity index is 428. The number of hydrogen-bond donors (Lipinski definition) is 3. The highest BCUT2D eigenvalue weighted by atomic mass is 35.5. The van der Waals surface area contributed by atoms with Gasteiger partial charge in [0.2, 0.25) is 5.91 Å². The number of benzene rings is 1. The van der Waals surface area contributed by atoms with Gasteiger partial charge in [-0.25, -0.2) is 0 Å².